The van der Waals surface area contributed by atoms with Crippen molar-refractivity contribution in [1.29, 1.82) is 0 Å². The number of fused-ring (bicyclic) bond motifs is 1. The molecule has 0 aromatic heterocycles. The van der Waals surface area contributed by atoms with Crippen molar-refractivity contribution in [2.45, 2.75) is 11.3 Å². The highest BCUT2D eigenvalue weighted by Gasteiger charge is 2.30. The van der Waals surface area contributed by atoms with Gasteiger partial charge in [-0.1, -0.05) is 18.2 Å². The van der Waals surface area contributed by atoms with Gasteiger partial charge in [0.05, 0.1) is 10.6 Å². The first kappa shape index (κ1) is 20.8. The van der Waals surface area contributed by atoms with Crippen LogP contribution in [0.3, 0.4) is 0 Å². The third-order valence-electron chi connectivity index (χ3n) is 4.83. The molecule has 0 saturated heterocycles. The van der Waals surface area contributed by atoms with Gasteiger partial charge >= 0.3 is 0 Å². The van der Waals surface area contributed by atoms with Crippen LogP contribution in [0.15, 0.2) is 71.6 Å². The summed E-state index contributed by atoms with van der Waals surface area (Å²) in [6.45, 7) is -0.00528. The third kappa shape index (κ3) is 4.36. The fourth-order valence-electron chi connectivity index (χ4n) is 3.31. The van der Waals surface area contributed by atoms with Crippen LogP contribution in [-0.4, -0.2) is 27.5 Å². The van der Waals surface area contributed by atoms with E-state index in [4.69, 9.17) is 4.74 Å². The molecule has 0 unspecified atom stereocenters. The predicted octanol–water partition coefficient (Wildman–Crippen LogP) is 3.73. The van der Waals surface area contributed by atoms with E-state index in [1.165, 1.54) is 34.6 Å². The average Bonchev–Trinajstić information content (AvgIpc) is 3.20. The molecule has 1 aliphatic heterocycles. The normalized spacial score (nSPS) is 13.0. The first-order valence-electron chi connectivity index (χ1n) is 9.43. The zero-order valence-corrected chi connectivity index (χ0v) is 17.0. The van der Waals surface area contributed by atoms with Gasteiger partial charge in [0.1, 0.15) is 5.75 Å². The summed E-state index contributed by atoms with van der Waals surface area (Å²) >= 11 is 0. The maximum Gasteiger partial charge on any atom is 0.264 e. The standard InChI is InChI=1S/C22H18F2N2O4S/c23-19-10-5-16(13-20(19)24)25-22(27)14-30-17-6-8-18(9-7-17)31(28,29)26-12-11-15-3-1-2-4-21(15)26/h1-10,13H,11-12,14H2,(H,25,27). The molecule has 1 N–H and O–H groups in total. The van der Waals surface area contributed by atoms with Crippen molar-refractivity contribution in [1.82, 2.24) is 0 Å². The zero-order valence-electron chi connectivity index (χ0n) is 16.2. The molecule has 0 saturated carbocycles. The molecule has 3 aromatic carbocycles. The van der Waals surface area contributed by atoms with E-state index in [1.807, 2.05) is 12.1 Å². The summed E-state index contributed by atoms with van der Waals surface area (Å²) in [7, 11) is -3.72. The molecular weight excluding hydrogens is 426 g/mol. The van der Waals surface area contributed by atoms with Crippen molar-refractivity contribution < 1.29 is 26.7 Å². The Balaban J connectivity index is 1.39. The van der Waals surface area contributed by atoms with Gasteiger partial charge in [-0.15, -0.1) is 0 Å². The molecule has 0 spiro atoms. The molecule has 0 radical (unpaired) electrons. The smallest absolute Gasteiger partial charge is 0.264 e. The first-order valence-corrected chi connectivity index (χ1v) is 10.9. The van der Waals surface area contributed by atoms with Gasteiger partial charge in [0.25, 0.3) is 15.9 Å². The second-order valence-corrected chi connectivity index (χ2v) is 8.76. The number of carbonyl (C=O) groups is 1. The molecule has 0 aliphatic carbocycles. The SMILES string of the molecule is O=C(COc1ccc(S(=O)(=O)N2CCc3ccccc32)cc1)Nc1ccc(F)c(F)c1. The molecule has 1 heterocycles. The number of amides is 1. The van der Waals surface area contributed by atoms with Gasteiger partial charge < -0.3 is 10.1 Å². The number of para-hydroxylation sites is 1. The van der Waals surface area contributed by atoms with E-state index in [2.05, 4.69) is 5.32 Å². The number of ether oxygens (including phenoxy) is 1. The Bertz CT molecular complexity index is 1230. The van der Waals surface area contributed by atoms with E-state index in [0.717, 1.165) is 17.7 Å². The van der Waals surface area contributed by atoms with Gasteiger partial charge in [-0.2, -0.15) is 0 Å². The second-order valence-electron chi connectivity index (χ2n) is 6.89. The van der Waals surface area contributed by atoms with Gasteiger partial charge in [-0.25, -0.2) is 17.2 Å². The van der Waals surface area contributed by atoms with Crippen LogP contribution in [-0.2, 0) is 21.2 Å². The number of carbonyl (C=O) groups excluding carboxylic acids is 1. The molecule has 3 aromatic rings. The van der Waals surface area contributed by atoms with Crippen LogP contribution in [0.5, 0.6) is 5.75 Å². The minimum Gasteiger partial charge on any atom is -0.484 e. The highest BCUT2D eigenvalue weighted by Crippen LogP contribution is 2.33. The Morgan fingerprint density at radius 2 is 1.74 bits per heavy atom. The van der Waals surface area contributed by atoms with Crippen LogP contribution < -0.4 is 14.4 Å². The minimum atomic E-state index is -3.72. The number of benzene rings is 3. The molecule has 1 amide bonds. The summed E-state index contributed by atoms with van der Waals surface area (Å²) in [5.74, 6) is -2.37. The van der Waals surface area contributed by atoms with Crippen molar-refractivity contribution in [3.63, 3.8) is 0 Å². The van der Waals surface area contributed by atoms with E-state index >= 15 is 0 Å². The lowest BCUT2D eigenvalue weighted by molar-refractivity contribution is -0.118. The molecule has 4 rings (SSSR count). The average molecular weight is 444 g/mol. The number of anilines is 2. The van der Waals surface area contributed by atoms with Crippen LogP contribution in [0.1, 0.15) is 5.56 Å². The Labute approximate surface area is 178 Å². The molecule has 0 fully saturated rings. The van der Waals surface area contributed by atoms with Crippen molar-refractivity contribution in [2.75, 3.05) is 22.8 Å². The number of nitrogens with zero attached hydrogens (tertiary/aromatic N) is 1. The molecular formula is C22H18F2N2O4S. The molecule has 160 valence electrons. The van der Waals surface area contributed by atoms with Crippen LogP contribution in [0.4, 0.5) is 20.2 Å². The zero-order chi connectivity index (χ0) is 22.0. The van der Waals surface area contributed by atoms with Gasteiger partial charge in [-0.05, 0) is 54.4 Å². The van der Waals surface area contributed by atoms with Crippen molar-refractivity contribution in [2.24, 2.45) is 0 Å². The van der Waals surface area contributed by atoms with Gasteiger partial charge in [0.15, 0.2) is 18.2 Å². The maximum atomic E-state index is 13.2. The highest BCUT2D eigenvalue weighted by atomic mass is 32.2. The summed E-state index contributed by atoms with van der Waals surface area (Å²) < 4.78 is 58.9. The number of hydrogen-bond acceptors (Lipinski definition) is 4. The summed E-state index contributed by atoms with van der Waals surface area (Å²) in [5, 5.41) is 2.39. The van der Waals surface area contributed by atoms with E-state index < -0.39 is 27.6 Å². The van der Waals surface area contributed by atoms with E-state index in [9.17, 15) is 22.0 Å². The molecule has 31 heavy (non-hydrogen) atoms. The lowest BCUT2D eigenvalue weighted by Crippen LogP contribution is -2.29. The lowest BCUT2D eigenvalue weighted by Gasteiger charge is -2.19. The fraction of sp³-hybridized carbons (Fsp3) is 0.136. The minimum absolute atomic E-state index is 0.0971. The van der Waals surface area contributed by atoms with E-state index in [-0.39, 0.29) is 17.2 Å². The Kier molecular flexibility index (Phi) is 5.60. The Morgan fingerprint density at radius 1 is 1.00 bits per heavy atom. The van der Waals surface area contributed by atoms with Crippen LogP contribution in [0.2, 0.25) is 0 Å². The number of halogens is 2. The third-order valence-corrected chi connectivity index (χ3v) is 6.66. The lowest BCUT2D eigenvalue weighted by atomic mass is 10.2. The van der Waals surface area contributed by atoms with Crippen LogP contribution in [0, 0.1) is 11.6 Å². The first-order chi connectivity index (χ1) is 14.8. The summed E-state index contributed by atoms with van der Waals surface area (Å²) in [6, 6.07) is 16.1. The van der Waals surface area contributed by atoms with Gasteiger partial charge in [-0.3, -0.25) is 9.10 Å². The molecule has 1 aliphatic rings. The Morgan fingerprint density at radius 3 is 2.48 bits per heavy atom. The second kappa shape index (κ2) is 8.35. The van der Waals surface area contributed by atoms with Crippen molar-refractivity contribution >= 4 is 27.3 Å². The summed E-state index contributed by atoms with van der Waals surface area (Å²) in [4.78, 5) is 12.1. The van der Waals surface area contributed by atoms with Gasteiger partial charge in [0.2, 0.25) is 0 Å². The fourth-order valence-corrected chi connectivity index (χ4v) is 4.82. The summed E-state index contributed by atoms with van der Waals surface area (Å²) in [6.07, 6.45) is 0.656. The number of nitrogens with one attached hydrogen (secondary N) is 1. The number of rotatable bonds is 6. The highest BCUT2D eigenvalue weighted by molar-refractivity contribution is 7.92. The summed E-state index contributed by atoms with van der Waals surface area (Å²) in [5.41, 5.74) is 1.76. The quantitative estimate of drug-likeness (QED) is 0.629. The number of sulfonamides is 1. The molecule has 0 bridgehead atoms. The molecule has 6 nitrogen and oxygen atoms in total. The molecule has 0 atom stereocenters. The van der Waals surface area contributed by atoms with Crippen LogP contribution in [0.25, 0.3) is 0 Å². The maximum absolute atomic E-state index is 13.2. The predicted molar refractivity (Wildman–Crippen MR) is 112 cm³/mol. The monoisotopic (exact) mass is 444 g/mol. The van der Waals surface area contributed by atoms with Gasteiger partial charge in [0, 0.05) is 18.3 Å². The van der Waals surface area contributed by atoms with Crippen molar-refractivity contribution in [3.05, 3.63) is 83.9 Å². The largest absolute Gasteiger partial charge is 0.484 e. The van der Waals surface area contributed by atoms with E-state index in [0.29, 0.717) is 24.4 Å². The number of hydrogen-bond donors (Lipinski definition) is 1. The molecule has 9 heteroatoms. The van der Waals surface area contributed by atoms with E-state index in [1.54, 1.807) is 12.1 Å². The Hall–Kier alpha value is -3.46. The topological polar surface area (TPSA) is 75.7 Å². The van der Waals surface area contributed by atoms with Crippen molar-refractivity contribution in [3.8, 4) is 5.75 Å². The van der Waals surface area contributed by atoms with Crippen LogP contribution >= 0.6 is 0 Å².